The topological polar surface area (TPSA) is 17.1 Å². The summed E-state index contributed by atoms with van der Waals surface area (Å²) in [6.07, 6.45) is 4.67. The molecule has 1 rings (SSSR count). The largest absolute Gasteiger partial charge is 0.296 e. The van der Waals surface area contributed by atoms with Gasteiger partial charge in [-0.3, -0.25) is 4.57 Å². The third-order valence-corrected chi connectivity index (χ3v) is 5.05. The van der Waals surface area contributed by atoms with E-state index in [9.17, 15) is 4.57 Å². The Morgan fingerprint density at radius 2 is 1.87 bits per heavy atom. The highest BCUT2D eigenvalue weighted by molar-refractivity contribution is 7.98. The number of rotatable bonds is 4. The summed E-state index contributed by atoms with van der Waals surface area (Å²) in [4.78, 5) is 0. The molecule has 1 unspecified atom stereocenters. The second-order valence-electron chi connectivity index (χ2n) is 2.90. The zero-order valence-electron chi connectivity index (χ0n) is 8.27. The zero-order valence-corrected chi connectivity index (χ0v) is 9.92. The van der Waals surface area contributed by atoms with E-state index in [0.29, 0.717) is 10.6 Å². The molecule has 1 atom stereocenters. The Labute approximate surface area is 94.9 Å². The van der Waals surface area contributed by atoms with Crippen LogP contribution < -0.4 is 5.30 Å². The first-order chi connectivity index (χ1) is 7.12. The minimum absolute atomic E-state index is 0.505. The summed E-state index contributed by atoms with van der Waals surface area (Å²) in [5.74, 6) is 0. The molecule has 0 fully saturated rings. The summed E-state index contributed by atoms with van der Waals surface area (Å²) >= 11 is 6.07. The lowest BCUT2D eigenvalue weighted by Gasteiger charge is -2.11. The summed E-state index contributed by atoms with van der Waals surface area (Å²) in [5, 5.41) is 1.12. The highest BCUT2D eigenvalue weighted by Crippen LogP contribution is 2.57. The Balaban J connectivity index is 3.23. The van der Waals surface area contributed by atoms with Crippen molar-refractivity contribution in [2.75, 3.05) is 0 Å². The number of halogens is 1. The zero-order chi connectivity index (χ0) is 11.3. The van der Waals surface area contributed by atoms with Gasteiger partial charge in [-0.25, -0.2) is 0 Å². The van der Waals surface area contributed by atoms with Gasteiger partial charge in [0.2, 0.25) is 6.49 Å². The van der Waals surface area contributed by atoms with Gasteiger partial charge in [-0.1, -0.05) is 61.7 Å². The third kappa shape index (κ3) is 2.71. The van der Waals surface area contributed by atoms with E-state index in [0.717, 1.165) is 0 Å². The molecule has 0 aromatic heterocycles. The van der Waals surface area contributed by atoms with Crippen molar-refractivity contribution in [2.45, 2.75) is 0 Å². The molecule has 0 radical (unpaired) electrons. The van der Waals surface area contributed by atoms with Gasteiger partial charge in [0.25, 0.3) is 0 Å². The third-order valence-electron chi connectivity index (χ3n) is 1.92. The molecular weight excluding hydrogens is 227 g/mol. The maximum absolute atomic E-state index is 12.3. The van der Waals surface area contributed by atoms with Gasteiger partial charge in [-0.05, 0) is 11.2 Å². The maximum atomic E-state index is 12.3. The Morgan fingerprint density at radius 1 is 1.27 bits per heavy atom. The molecule has 0 aliphatic rings. The smallest absolute Gasteiger partial charge is 0.225 e. The summed E-state index contributed by atoms with van der Waals surface area (Å²) in [5.41, 5.74) is 0. The summed E-state index contributed by atoms with van der Waals surface area (Å²) in [6.45, 7) is 4.12. The highest BCUT2D eigenvalue weighted by atomic mass is 35.7. The maximum Gasteiger partial charge on any atom is 0.225 e. The Hall–Kier alpha value is -1.04. The first-order valence-corrected chi connectivity index (χ1v) is 7.05. The van der Waals surface area contributed by atoms with Crippen LogP contribution in [0.4, 0.5) is 0 Å². The van der Waals surface area contributed by atoms with Gasteiger partial charge in [0.1, 0.15) is 0 Å². The van der Waals surface area contributed by atoms with E-state index in [-0.39, 0.29) is 0 Å². The molecule has 0 saturated carbocycles. The second-order valence-corrected chi connectivity index (χ2v) is 6.43. The fraction of sp³-hybridized carbons (Fsp3) is 0. The quantitative estimate of drug-likeness (QED) is 0.571. The van der Waals surface area contributed by atoms with Gasteiger partial charge in [-0.2, -0.15) is 0 Å². The number of allylic oxidation sites excluding steroid dienone is 4. The standard InChI is InChI=1S/C12H12ClOP/c1-3-8-11(4-2)15(13,14)12-9-6-5-7-10-12/h3-10H,1-2H2/b11-8+. The van der Waals surface area contributed by atoms with E-state index >= 15 is 0 Å². The SMILES string of the molecule is C=C/C=C(\C=C)P(=O)(Cl)c1ccccc1. The molecule has 0 N–H and O–H groups in total. The molecule has 15 heavy (non-hydrogen) atoms. The fourth-order valence-electron chi connectivity index (χ4n) is 1.17. The summed E-state index contributed by atoms with van der Waals surface area (Å²) in [6, 6.07) is 8.95. The fourth-order valence-corrected chi connectivity index (χ4v) is 3.27. The van der Waals surface area contributed by atoms with Crippen molar-refractivity contribution in [3.05, 3.63) is 67.0 Å². The number of hydrogen-bond donors (Lipinski definition) is 0. The van der Waals surface area contributed by atoms with E-state index in [4.69, 9.17) is 11.2 Å². The first-order valence-electron chi connectivity index (χ1n) is 4.44. The van der Waals surface area contributed by atoms with E-state index in [2.05, 4.69) is 13.2 Å². The molecule has 0 saturated heterocycles. The van der Waals surface area contributed by atoms with Crippen molar-refractivity contribution in [1.82, 2.24) is 0 Å². The predicted molar refractivity (Wildman–Crippen MR) is 68.0 cm³/mol. The minimum atomic E-state index is -3.03. The van der Waals surface area contributed by atoms with Crippen LogP contribution in [0.25, 0.3) is 0 Å². The summed E-state index contributed by atoms with van der Waals surface area (Å²) in [7, 11) is 0. The highest BCUT2D eigenvalue weighted by Gasteiger charge is 2.23. The van der Waals surface area contributed by atoms with Crippen LogP contribution in [-0.4, -0.2) is 0 Å². The average molecular weight is 239 g/mol. The molecule has 1 aromatic carbocycles. The molecular formula is C12H12ClOP. The van der Waals surface area contributed by atoms with Crippen LogP contribution in [0.5, 0.6) is 0 Å². The minimum Gasteiger partial charge on any atom is -0.296 e. The van der Waals surface area contributed by atoms with E-state index < -0.39 is 6.49 Å². The molecule has 1 aromatic rings. The number of hydrogen-bond acceptors (Lipinski definition) is 1. The normalized spacial score (nSPS) is 15.4. The molecule has 0 heterocycles. The lowest BCUT2D eigenvalue weighted by Crippen LogP contribution is -2.00. The van der Waals surface area contributed by atoms with E-state index in [1.807, 2.05) is 6.07 Å². The Bertz CT molecular complexity index is 434. The van der Waals surface area contributed by atoms with Crippen LogP contribution in [0, 0.1) is 0 Å². The van der Waals surface area contributed by atoms with Crippen molar-refractivity contribution >= 4 is 23.0 Å². The van der Waals surface area contributed by atoms with Crippen LogP contribution >= 0.6 is 17.7 Å². The van der Waals surface area contributed by atoms with Crippen LogP contribution in [0.15, 0.2) is 67.0 Å². The second kappa shape index (κ2) is 5.16. The molecule has 0 amide bonds. The molecule has 1 nitrogen and oxygen atoms in total. The van der Waals surface area contributed by atoms with Gasteiger partial charge in [0.05, 0.1) is 0 Å². The van der Waals surface area contributed by atoms with Crippen molar-refractivity contribution in [3.8, 4) is 0 Å². The van der Waals surface area contributed by atoms with Gasteiger partial charge >= 0.3 is 0 Å². The lowest BCUT2D eigenvalue weighted by molar-refractivity contribution is 0.594. The van der Waals surface area contributed by atoms with Crippen molar-refractivity contribution in [2.24, 2.45) is 0 Å². The Kier molecular flexibility index (Phi) is 4.14. The van der Waals surface area contributed by atoms with Crippen LogP contribution in [0.1, 0.15) is 0 Å². The summed E-state index contributed by atoms with van der Waals surface area (Å²) < 4.78 is 12.3. The first kappa shape index (κ1) is 12.0. The molecule has 0 aliphatic carbocycles. The van der Waals surface area contributed by atoms with E-state index in [1.165, 1.54) is 6.08 Å². The van der Waals surface area contributed by atoms with Crippen LogP contribution in [0.2, 0.25) is 0 Å². The van der Waals surface area contributed by atoms with Crippen molar-refractivity contribution in [1.29, 1.82) is 0 Å². The van der Waals surface area contributed by atoms with Crippen LogP contribution in [0.3, 0.4) is 0 Å². The van der Waals surface area contributed by atoms with Crippen molar-refractivity contribution < 1.29 is 4.57 Å². The van der Waals surface area contributed by atoms with E-state index in [1.54, 1.807) is 36.4 Å². The molecule has 0 aliphatic heterocycles. The average Bonchev–Trinajstić information content (AvgIpc) is 2.27. The van der Waals surface area contributed by atoms with Crippen LogP contribution in [-0.2, 0) is 4.57 Å². The molecule has 3 heteroatoms. The Morgan fingerprint density at radius 3 is 2.33 bits per heavy atom. The van der Waals surface area contributed by atoms with Gasteiger partial charge in [-0.15, -0.1) is 0 Å². The molecule has 78 valence electrons. The molecule has 0 bridgehead atoms. The lowest BCUT2D eigenvalue weighted by atomic mass is 10.4. The monoisotopic (exact) mass is 238 g/mol. The van der Waals surface area contributed by atoms with Crippen molar-refractivity contribution in [3.63, 3.8) is 0 Å². The predicted octanol–water partition coefficient (Wildman–Crippen LogP) is 4.08. The molecule has 0 spiro atoms. The van der Waals surface area contributed by atoms with Gasteiger partial charge in [0, 0.05) is 10.6 Å². The van der Waals surface area contributed by atoms with Gasteiger partial charge < -0.3 is 0 Å². The number of benzene rings is 1. The van der Waals surface area contributed by atoms with Gasteiger partial charge in [0.15, 0.2) is 0 Å².